The molecule has 2 heterocycles. The van der Waals surface area contributed by atoms with Crippen molar-refractivity contribution in [2.45, 2.75) is 111 Å². The molecule has 2 fully saturated rings. The molecule has 0 saturated carbocycles. The number of hydrogen-bond donors (Lipinski definition) is 12. The van der Waals surface area contributed by atoms with Gasteiger partial charge >= 0.3 is 11.9 Å². The summed E-state index contributed by atoms with van der Waals surface area (Å²) >= 11 is 0. The van der Waals surface area contributed by atoms with Crippen molar-refractivity contribution in [3.05, 3.63) is 10.4 Å². The lowest BCUT2D eigenvalue weighted by atomic mass is 9.81. The van der Waals surface area contributed by atoms with Crippen LogP contribution in [0, 0.1) is 0 Å². The molecule has 274 valence electrons. The molecule has 2 amide bonds. The molecular weight excluding hydrogens is 654 g/mol. The molecule has 0 bridgehead atoms. The van der Waals surface area contributed by atoms with Crippen molar-refractivity contribution in [1.82, 2.24) is 10.6 Å². The number of nitrogens with one attached hydrogen (secondary N) is 2. The largest absolute Gasteiger partial charge is 0.479 e. The van der Waals surface area contributed by atoms with Gasteiger partial charge in [0.2, 0.25) is 11.8 Å². The van der Waals surface area contributed by atoms with Gasteiger partial charge in [-0.15, -0.1) is 0 Å². The van der Waals surface area contributed by atoms with Gasteiger partial charge in [-0.3, -0.25) is 9.59 Å². The Morgan fingerprint density at radius 3 is 2.04 bits per heavy atom. The molecule has 2 saturated heterocycles. The predicted octanol–water partition coefficient (Wildman–Crippen LogP) is -5.19. The summed E-state index contributed by atoms with van der Waals surface area (Å²) in [5.74, 6) is -8.54. The number of aliphatic hydroxyl groups is 8. The smallest absolute Gasteiger partial charge is 0.364 e. The molecule has 48 heavy (non-hydrogen) atoms. The number of amides is 2. The van der Waals surface area contributed by atoms with E-state index in [2.05, 4.69) is 20.7 Å². The van der Waals surface area contributed by atoms with Gasteiger partial charge in [-0.25, -0.2) is 9.59 Å². The van der Waals surface area contributed by atoms with E-state index in [0.29, 0.717) is 0 Å². The second kappa shape index (κ2) is 17.9. The zero-order valence-corrected chi connectivity index (χ0v) is 25.8. The Hall–Kier alpha value is -3.25. The number of carboxylic acids is 2. The van der Waals surface area contributed by atoms with Crippen LogP contribution in [-0.4, -0.2) is 173 Å². The minimum atomic E-state index is -3.06. The van der Waals surface area contributed by atoms with Gasteiger partial charge in [0.25, 0.3) is 5.79 Å². The lowest BCUT2D eigenvalue weighted by molar-refractivity contribution is -0.337. The first-order chi connectivity index (χ1) is 22.5. The quantitative estimate of drug-likeness (QED) is 0.0275. The summed E-state index contributed by atoms with van der Waals surface area (Å²) in [7, 11) is 0. The van der Waals surface area contributed by atoms with Crippen LogP contribution in [0.4, 0.5) is 0 Å². The number of aliphatic hydroxyl groups excluding tert-OH is 8. The van der Waals surface area contributed by atoms with Crippen molar-refractivity contribution in [2.24, 2.45) is 5.11 Å². The minimum Gasteiger partial charge on any atom is -0.479 e. The molecule has 12 N–H and O–H groups in total. The van der Waals surface area contributed by atoms with Crippen molar-refractivity contribution in [1.29, 1.82) is 0 Å². The fourth-order valence-corrected chi connectivity index (χ4v) is 5.72. The number of unbranched alkanes of at least 4 members (excludes halogenated alkanes) is 1. The van der Waals surface area contributed by atoms with Crippen LogP contribution in [0.1, 0.15) is 39.0 Å². The second-order valence-corrected chi connectivity index (χ2v) is 11.5. The van der Waals surface area contributed by atoms with Crippen LogP contribution >= 0.6 is 0 Å². The number of hydrogen-bond acceptors (Lipinski definition) is 16. The van der Waals surface area contributed by atoms with Crippen LogP contribution in [0.15, 0.2) is 5.11 Å². The molecule has 22 nitrogen and oxygen atoms in total. The number of carbonyl (C=O) groups excluding carboxylic acids is 2. The van der Waals surface area contributed by atoms with E-state index in [-0.39, 0.29) is 25.8 Å². The van der Waals surface area contributed by atoms with Crippen molar-refractivity contribution < 1.29 is 84.5 Å². The number of carbonyl (C=O) groups is 4. The van der Waals surface area contributed by atoms with E-state index in [9.17, 15) is 70.2 Å². The molecule has 4 unspecified atom stereocenters. The molecule has 0 spiro atoms. The Labute approximate surface area is 272 Å². The lowest BCUT2D eigenvalue weighted by Crippen LogP contribution is -2.70. The van der Waals surface area contributed by atoms with E-state index >= 15 is 0 Å². The number of ether oxygens (including phenoxy) is 3. The molecule has 0 aromatic carbocycles. The molecule has 0 aromatic rings. The Kier molecular flexibility index (Phi) is 15.3. The van der Waals surface area contributed by atoms with Crippen molar-refractivity contribution in [2.75, 3.05) is 26.4 Å². The van der Waals surface area contributed by atoms with Gasteiger partial charge < -0.3 is 75.9 Å². The van der Waals surface area contributed by atoms with Gasteiger partial charge in [-0.2, -0.15) is 0 Å². The maximum absolute atomic E-state index is 12.6. The zero-order chi connectivity index (χ0) is 36.4. The topological polar surface area (TPSA) is 371 Å². The average molecular weight is 698 g/mol. The molecule has 2 aliphatic heterocycles. The zero-order valence-electron chi connectivity index (χ0n) is 25.8. The third kappa shape index (κ3) is 9.68. The fraction of sp³-hybridized carbons (Fsp3) is 0.846. The third-order valence-electron chi connectivity index (χ3n) is 8.11. The third-order valence-corrected chi connectivity index (χ3v) is 8.11. The standard InChI is InChI=1S/C26H43N5O17/c1-11(35)29-17-13(37)7-26(24(44)45,48-21(17)19(40)14(38)8-32)46-15(9-33)20(41)22-18(30-16(39)10-34)12(36)6-25(47-22,23(42)43)4-2-3-5-28-31-27/h12-15,17-22,32-34,36-38,40-41H,2-10H2,1H3,(H,29,35)(H,30,39)(H,42,43)(H,44,45)/t12-,13-,14?,15?,17+,18+,19?,20?,21+,22+,25+,26+/m0/s1. The van der Waals surface area contributed by atoms with E-state index in [1.54, 1.807) is 0 Å². The first-order valence-electron chi connectivity index (χ1n) is 14.8. The van der Waals surface area contributed by atoms with Gasteiger partial charge in [0.15, 0.2) is 5.60 Å². The molecule has 2 rings (SSSR count). The second-order valence-electron chi connectivity index (χ2n) is 11.5. The summed E-state index contributed by atoms with van der Waals surface area (Å²) in [5.41, 5.74) is 6.23. The molecule has 22 heteroatoms. The Morgan fingerprint density at radius 2 is 1.52 bits per heavy atom. The van der Waals surface area contributed by atoms with Crippen LogP contribution < -0.4 is 10.6 Å². The molecular formula is C26H43N5O17. The van der Waals surface area contributed by atoms with Crippen molar-refractivity contribution >= 4 is 23.8 Å². The fourth-order valence-electron chi connectivity index (χ4n) is 5.72. The first kappa shape index (κ1) is 40.9. The van der Waals surface area contributed by atoms with Gasteiger partial charge in [0.1, 0.15) is 43.2 Å². The highest BCUT2D eigenvalue weighted by atomic mass is 16.7. The SMILES string of the molecule is CC(=O)N[C@@H]1[C@@H](O)C[C@](OC(CO)C(O)[C@@H]2O[C@@](CCCCN=[N+]=[N-])(C(=O)O)C[C@H](O)[C@H]2NC(=O)CO)(C(=O)O)O[C@H]1C(O)C(O)CO. The normalized spacial score (nSPS) is 32.9. The Bertz CT molecular complexity index is 1180. The van der Waals surface area contributed by atoms with E-state index < -0.39 is 129 Å². The average Bonchev–Trinajstić information content (AvgIpc) is 3.04. The first-order valence-corrected chi connectivity index (χ1v) is 14.8. The number of carboxylic acid groups (broad SMARTS) is 2. The molecule has 0 aliphatic carbocycles. The Balaban J connectivity index is 2.54. The number of nitrogens with zero attached hydrogens (tertiary/aromatic N) is 3. The molecule has 2 aliphatic rings. The van der Waals surface area contributed by atoms with Gasteiger partial charge in [0.05, 0.1) is 37.5 Å². The highest BCUT2D eigenvalue weighted by Gasteiger charge is 2.59. The Morgan fingerprint density at radius 1 is 0.917 bits per heavy atom. The summed E-state index contributed by atoms with van der Waals surface area (Å²) in [5, 5.41) is 111. The molecule has 12 atom stereocenters. The van der Waals surface area contributed by atoms with Crippen LogP contribution in [0.3, 0.4) is 0 Å². The highest BCUT2D eigenvalue weighted by Crippen LogP contribution is 2.39. The molecule has 0 aromatic heterocycles. The van der Waals surface area contributed by atoms with E-state index in [4.69, 9.17) is 19.7 Å². The summed E-state index contributed by atoms with van der Waals surface area (Å²) in [4.78, 5) is 51.6. The monoisotopic (exact) mass is 697 g/mol. The summed E-state index contributed by atoms with van der Waals surface area (Å²) < 4.78 is 16.8. The van der Waals surface area contributed by atoms with Crippen LogP contribution in [-0.2, 0) is 33.4 Å². The molecule has 0 radical (unpaired) electrons. The summed E-state index contributed by atoms with van der Waals surface area (Å²) in [6.45, 7) is -2.42. The van der Waals surface area contributed by atoms with Gasteiger partial charge in [-0.1, -0.05) is 5.11 Å². The van der Waals surface area contributed by atoms with Crippen LogP contribution in [0.5, 0.6) is 0 Å². The van der Waals surface area contributed by atoms with Crippen molar-refractivity contribution in [3.8, 4) is 0 Å². The van der Waals surface area contributed by atoms with E-state index in [0.717, 1.165) is 6.92 Å². The van der Waals surface area contributed by atoms with Gasteiger partial charge in [-0.05, 0) is 24.8 Å². The van der Waals surface area contributed by atoms with E-state index in [1.807, 2.05) is 0 Å². The maximum Gasteiger partial charge on any atom is 0.364 e. The summed E-state index contributed by atoms with van der Waals surface area (Å²) in [6.07, 6.45) is -17.9. The maximum atomic E-state index is 12.6. The van der Waals surface area contributed by atoms with Gasteiger partial charge in [0, 0.05) is 31.2 Å². The van der Waals surface area contributed by atoms with Crippen molar-refractivity contribution in [3.63, 3.8) is 0 Å². The van der Waals surface area contributed by atoms with Crippen LogP contribution in [0.25, 0.3) is 10.4 Å². The summed E-state index contributed by atoms with van der Waals surface area (Å²) in [6, 6.07) is -3.25. The minimum absolute atomic E-state index is 0.00659. The number of aliphatic carboxylic acids is 2. The lowest BCUT2D eigenvalue weighted by Gasteiger charge is -2.50. The number of rotatable bonds is 18. The van der Waals surface area contributed by atoms with Crippen LogP contribution in [0.2, 0.25) is 0 Å². The predicted molar refractivity (Wildman–Crippen MR) is 153 cm³/mol. The highest BCUT2D eigenvalue weighted by molar-refractivity contribution is 5.79. The van der Waals surface area contributed by atoms with E-state index in [1.165, 1.54) is 0 Å². The number of azide groups is 1.